The lowest BCUT2D eigenvalue weighted by molar-refractivity contribution is 0.151. The van der Waals surface area contributed by atoms with Gasteiger partial charge in [-0.3, -0.25) is 0 Å². The Morgan fingerprint density at radius 3 is 2.96 bits per heavy atom. The quantitative estimate of drug-likeness (QED) is 0.493. The van der Waals surface area contributed by atoms with E-state index >= 15 is 0 Å². The second-order valence-electron chi connectivity index (χ2n) is 6.15. The van der Waals surface area contributed by atoms with E-state index in [9.17, 15) is 8.78 Å². The summed E-state index contributed by atoms with van der Waals surface area (Å²) in [6.45, 7) is 0. The zero-order valence-corrected chi connectivity index (χ0v) is 14.3. The number of halogens is 3. The Hall–Kier alpha value is -2.12. The van der Waals surface area contributed by atoms with Crippen molar-refractivity contribution in [2.75, 3.05) is 0 Å². The molecule has 3 aromatic heterocycles. The first-order valence-electron chi connectivity index (χ1n) is 7.78. The number of thiazole rings is 1. The minimum Gasteiger partial charge on any atom is -0.235 e. The van der Waals surface area contributed by atoms with Crippen molar-refractivity contribution in [3.8, 4) is 0 Å². The van der Waals surface area contributed by atoms with Gasteiger partial charge in [0.05, 0.1) is 10.2 Å². The molecule has 4 aromatic rings. The van der Waals surface area contributed by atoms with E-state index in [4.69, 9.17) is 11.6 Å². The highest BCUT2D eigenvalue weighted by Crippen LogP contribution is 2.56. The molecule has 25 heavy (non-hydrogen) atoms. The van der Waals surface area contributed by atoms with Crippen LogP contribution in [0.5, 0.6) is 0 Å². The molecule has 1 aliphatic rings. The molecule has 0 bridgehead atoms. The molecule has 5 rings (SSSR count). The van der Waals surface area contributed by atoms with Crippen molar-refractivity contribution in [2.24, 2.45) is 0 Å². The monoisotopic (exact) mass is 376 g/mol. The number of nitrogens with zero attached hydrogens (tertiary/aromatic N) is 4. The molecule has 3 heterocycles. The second kappa shape index (κ2) is 5.44. The van der Waals surface area contributed by atoms with Gasteiger partial charge in [-0.05, 0) is 42.0 Å². The summed E-state index contributed by atoms with van der Waals surface area (Å²) in [5.41, 5.74) is 3.66. The van der Waals surface area contributed by atoms with Crippen LogP contribution in [0.3, 0.4) is 0 Å². The van der Waals surface area contributed by atoms with Gasteiger partial charge in [-0.2, -0.15) is 5.10 Å². The molecule has 1 unspecified atom stereocenters. The number of alkyl halides is 2. The fourth-order valence-electron chi connectivity index (χ4n) is 3.37. The van der Waals surface area contributed by atoms with Crippen LogP contribution in [0.4, 0.5) is 8.78 Å². The molecule has 0 amide bonds. The zero-order chi connectivity index (χ0) is 17.1. The summed E-state index contributed by atoms with van der Waals surface area (Å²) >= 11 is 7.18. The number of imidazole rings is 1. The SMILES string of the molecule is FC(F)c1nc2ccc([C@H]3CC3c3cc(Cl)nn4ccnc34)cc2s1. The third kappa shape index (κ3) is 2.49. The number of aromatic nitrogens is 4. The largest absolute Gasteiger partial charge is 0.289 e. The predicted molar refractivity (Wildman–Crippen MR) is 92.7 cm³/mol. The fourth-order valence-corrected chi connectivity index (χ4v) is 4.44. The van der Waals surface area contributed by atoms with Crippen LogP contribution >= 0.6 is 22.9 Å². The van der Waals surface area contributed by atoms with Gasteiger partial charge in [0.1, 0.15) is 5.15 Å². The molecule has 4 nitrogen and oxygen atoms in total. The lowest BCUT2D eigenvalue weighted by atomic mass is 10.1. The van der Waals surface area contributed by atoms with Gasteiger partial charge in [-0.25, -0.2) is 23.3 Å². The van der Waals surface area contributed by atoms with Gasteiger partial charge in [-0.15, -0.1) is 11.3 Å². The van der Waals surface area contributed by atoms with Crippen molar-refractivity contribution in [1.82, 2.24) is 19.6 Å². The Bertz CT molecular complexity index is 1110. The summed E-state index contributed by atoms with van der Waals surface area (Å²) in [4.78, 5) is 8.36. The van der Waals surface area contributed by atoms with Crippen molar-refractivity contribution < 1.29 is 8.78 Å². The van der Waals surface area contributed by atoms with E-state index in [-0.39, 0.29) is 5.01 Å². The number of hydrogen-bond acceptors (Lipinski definition) is 4. The van der Waals surface area contributed by atoms with Crippen molar-refractivity contribution >= 4 is 38.8 Å². The van der Waals surface area contributed by atoms with Crippen LogP contribution < -0.4 is 0 Å². The minimum absolute atomic E-state index is 0.125. The highest BCUT2D eigenvalue weighted by atomic mass is 35.5. The number of benzene rings is 1. The van der Waals surface area contributed by atoms with Gasteiger partial charge in [0.2, 0.25) is 0 Å². The molecule has 1 saturated carbocycles. The van der Waals surface area contributed by atoms with E-state index < -0.39 is 6.43 Å². The molecule has 0 N–H and O–H groups in total. The third-order valence-corrected chi connectivity index (χ3v) is 5.80. The second-order valence-corrected chi connectivity index (χ2v) is 7.60. The van der Waals surface area contributed by atoms with Crippen LogP contribution in [0.15, 0.2) is 36.7 Å². The van der Waals surface area contributed by atoms with E-state index in [0.29, 0.717) is 22.5 Å². The molecule has 1 aliphatic carbocycles. The Kier molecular flexibility index (Phi) is 3.30. The van der Waals surface area contributed by atoms with Crippen LogP contribution in [0.25, 0.3) is 15.9 Å². The highest BCUT2D eigenvalue weighted by Gasteiger charge is 2.41. The van der Waals surface area contributed by atoms with Gasteiger partial charge in [-0.1, -0.05) is 17.7 Å². The van der Waals surface area contributed by atoms with Gasteiger partial charge in [0.25, 0.3) is 6.43 Å². The molecule has 0 saturated heterocycles. The summed E-state index contributed by atoms with van der Waals surface area (Å²) in [6, 6.07) is 7.66. The van der Waals surface area contributed by atoms with E-state index in [1.165, 1.54) is 0 Å². The average molecular weight is 377 g/mol. The van der Waals surface area contributed by atoms with Crippen molar-refractivity contribution in [3.05, 3.63) is 57.9 Å². The van der Waals surface area contributed by atoms with E-state index in [0.717, 1.165) is 39.2 Å². The van der Waals surface area contributed by atoms with Gasteiger partial charge in [0, 0.05) is 18.0 Å². The summed E-state index contributed by atoms with van der Waals surface area (Å²) < 4.78 is 28.2. The van der Waals surface area contributed by atoms with Crippen molar-refractivity contribution in [3.63, 3.8) is 0 Å². The third-order valence-electron chi connectivity index (χ3n) is 4.59. The van der Waals surface area contributed by atoms with E-state index in [1.54, 1.807) is 16.9 Å². The van der Waals surface area contributed by atoms with Gasteiger partial charge < -0.3 is 0 Å². The summed E-state index contributed by atoms with van der Waals surface area (Å²) in [7, 11) is 0. The number of hydrogen-bond donors (Lipinski definition) is 0. The molecule has 8 heteroatoms. The lowest BCUT2D eigenvalue weighted by Gasteiger charge is -2.04. The smallest absolute Gasteiger partial charge is 0.235 e. The maximum atomic E-state index is 12.8. The van der Waals surface area contributed by atoms with E-state index in [2.05, 4.69) is 15.1 Å². The lowest BCUT2D eigenvalue weighted by Crippen LogP contribution is -1.96. The first kappa shape index (κ1) is 15.2. The number of fused-ring (bicyclic) bond motifs is 2. The van der Waals surface area contributed by atoms with Gasteiger partial charge >= 0.3 is 0 Å². The fraction of sp³-hybridized carbons (Fsp3) is 0.235. The maximum absolute atomic E-state index is 12.8. The average Bonchev–Trinajstić information content (AvgIpc) is 3.03. The first-order valence-corrected chi connectivity index (χ1v) is 8.98. The number of rotatable bonds is 3. The minimum atomic E-state index is -2.53. The molecular weight excluding hydrogens is 366 g/mol. The van der Waals surface area contributed by atoms with Crippen LogP contribution in [-0.2, 0) is 0 Å². The molecule has 0 spiro atoms. The van der Waals surface area contributed by atoms with Crippen LogP contribution in [0, 0.1) is 0 Å². The molecule has 1 aromatic carbocycles. The summed E-state index contributed by atoms with van der Waals surface area (Å²) in [6.07, 6.45) is 1.93. The van der Waals surface area contributed by atoms with Gasteiger partial charge in [0.15, 0.2) is 10.7 Å². The maximum Gasteiger partial charge on any atom is 0.289 e. The Balaban J connectivity index is 1.51. The Morgan fingerprint density at radius 2 is 2.12 bits per heavy atom. The Morgan fingerprint density at radius 1 is 1.24 bits per heavy atom. The molecular formula is C17H11ClF2N4S. The normalized spacial score (nSPS) is 20.0. The Labute approximate surface area is 150 Å². The zero-order valence-electron chi connectivity index (χ0n) is 12.7. The molecule has 2 atom stereocenters. The predicted octanol–water partition coefficient (Wildman–Crippen LogP) is 5.20. The summed E-state index contributed by atoms with van der Waals surface area (Å²) in [5.74, 6) is 0.644. The van der Waals surface area contributed by atoms with E-state index in [1.807, 2.05) is 24.3 Å². The highest BCUT2D eigenvalue weighted by molar-refractivity contribution is 7.18. The molecule has 0 radical (unpaired) electrons. The molecule has 126 valence electrons. The topological polar surface area (TPSA) is 43.1 Å². The van der Waals surface area contributed by atoms with Crippen LogP contribution in [-0.4, -0.2) is 19.6 Å². The van der Waals surface area contributed by atoms with Crippen molar-refractivity contribution in [1.29, 1.82) is 0 Å². The summed E-state index contributed by atoms with van der Waals surface area (Å²) in [5, 5.41) is 4.52. The van der Waals surface area contributed by atoms with Crippen LogP contribution in [0.1, 0.15) is 40.8 Å². The molecule has 0 aliphatic heterocycles. The van der Waals surface area contributed by atoms with Crippen LogP contribution in [0.2, 0.25) is 5.15 Å². The molecule has 1 fully saturated rings. The first-order chi connectivity index (χ1) is 12.1. The standard InChI is InChI=1S/C17H11ClF2N4S/c18-14-7-11(16-21-3-4-24(16)23-14)10-6-9(10)8-1-2-12-13(5-8)25-17(22-12)15(19)20/h1-5,7,9-10,15H,6H2/t9-,10?/m1/s1. The van der Waals surface area contributed by atoms with Crippen molar-refractivity contribution in [2.45, 2.75) is 24.7 Å².